The van der Waals surface area contributed by atoms with Gasteiger partial charge in [-0.15, -0.1) is 0 Å². The number of furan rings is 1. The van der Waals surface area contributed by atoms with Gasteiger partial charge in [-0.1, -0.05) is 24.3 Å². The number of halogens is 1. The standard InChI is InChI=1S/C27H31FN2O3/c1-19-4-11-26(33-19)17-29-15-23(27(18-29)22-7-12-25(32-3)13-8-22)16-30(20(2)31)14-21-5-9-24(28)10-6-21/h4-13,23,27H,14-18H2,1-3H3/t23-,27+/m1/s1. The van der Waals surface area contributed by atoms with Gasteiger partial charge in [0.15, 0.2) is 0 Å². The lowest BCUT2D eigenvalue weighted by atomic mass is 9.88. The van der Waals surface area contributed by atoms with E-state index < -0.39 is 0 Å². The lowest BCUT2D eigenvalue weighted by Gasteiger charge is -2.28. The molecule has 33 heavy (non-hydrogen) atoms. The molecule has 0 aliphatic carbocycles. The number of nitrogens with zero attached hydrogens (tertiary/aromatic N) is 2. The predicted molar refractivity (Wildman–Crippen MR) is 125 cm³/mol. The van der Waals surface area contributed by atoms with Crippen LogP contribution in [0, 0.1) is 18.7 Å². The van der Waals surface area contributed by atoms with Crippen molar-refractivity contribution in [3.05, 3.63) is 89.1 Å². The molecule has 0 spiro atoms. The van der Waals surface area contributed by atoms with E-state index in [9.17, 15) is 9.18 Å². The molecule has 0 N–H and O–H groups in total. The predicted octanol–water partition coefficient (Wildman–Crippen LogP) is 5.00. The van der Waals surface area contributed by atoms with E-state index in [0.29, 0.717) is 13.1 Å². The van der Waals surface area contributed by atoms with Crippen molar-refractivity contribution in [2.24, 2.45) is 5.92 Å². The zero-order valence-corrected chi connectivity index (χ0v) is 19.5. The fraction of sp³-hybridized carbons (Fsp3) is 0.370. The molecule has 2 aromatic carbocycles. The molecule has 1 saturated heterocycles. The summed E-state index contributed by atoms with van der Waals surface area (Å²) in [6.07, 6.45) is 0. The van der Waals surface area contributed by atoms with Crippen molar-refractivity contribution in [2.75, 3.05) is 26.7 Å². The van der Waals surface area contributed by atoms with E-state index in [1.165, 1.54) is 17.7 Å². The van der Waals surface area contributed by atoms with E-state index in [0.717, 1.165) is 42.5 Å². The van der Waals surface area contributed by atoms with Crippen LogP contribution in [0.4, 0.5) is 4.39 Å². The van der Waals surface area contributed by atoms with Crippen LogP contribution >= 0.6 is 0 Å². The maximum Gasteiger partial charge on any atom is 0.219 e. The molecule has 5 nitrogen and oxygen atoms in total. The molecule has 2 atom stereocenters. The third kappa shape index (κ3) is 5.82. The van der Waals surface area contributed by atoms with Crippen LogP contribution in [-0.4, -0.2) is 42.5 Å². The summed E-state index contributed by atoms with van der Waals surface area (Å²) in [5.41, 5.74) is 2.16. The Balaban J connectivity index is 1.53. The van der Waals surface area contributed by atoms with Crippen molar-refractivity contribution in [3.63, 3.8) is 0 Å². The van der Waals surface area contributed by atoms with Gasteiger partial charge in [-0.05, 0) is 60.4 Å². The number of hydrogen-bond acceptors (Lipinski definition) is 4. The maximum atomic E-state index is 13.3. The lowest BCUT2D eigenvalue weighted by molar-refractivity contribution is -0.130. The number of carbonyl (C=O) groups is 1. The van der Waals surface area contributed by atoms with Gasteiger partial charge in [0.2, 0.25) is 5.91 Å². The quantitative estimate of drug-likeness (QED) is 0.485. The molecule has 1 fully saturated rings. The van der Waals surface area contributed by atoms with Gasteiger partial charge in [0.1, 0.15) is 23.1 Å². The number of carbonyl (C=O) groups excluding carboxylic acids is 1. The van der Waals surface area contributed by atoms with Crippen LogP contribution < -0.4 is 4.74 Å². The van der Waals surface area contributed by atoms with Gasteiger partial charge in [-0.3, -0.25) is 9.69 Å². The number of rotatable bonds is 8. The minimum absolute atomic E-state index is 0.0212. The van der Waals surface area contributed by atoms with Crippen molar-refractivity contribution in [1.29, 1.82) is 0 Å². The van der Waals surface area contributed by atoms with E-state index in [2.05, 4.69) is 17.0 Å². The Morgan fingerprint density at radius 3 is 2.42 bits per heavy atom. The second-order valence-corrected chi connectivity index (χ2v) is 8.87. The number of likely N-dealkylation sites (tertiary alicyclic amines) is 1. The highest BCUT2D eigenvalue weighted by atomic mass is 19.1. The van der Waals surface area contributed by atoms with Gasteiger partial charge in [0.05, 0.1) is 13.7 Å². The summed E-state index contributed by atoms with van der Waals surface area (Å²) >= 11 is 0. The Kier molecular flexibility index (Phi) is 7.14. The zero-order valence-electron chi connectivity index (χ0n) is 19.5. The first-order valence-electron chi connectivity index (χ1n) is 11.3. The fourth-order valence-electron chi connectivity index (χ4n) is 4.69. The minimum atomic E-state index is -0.271. The van der Waals surface area contributed by atoms with E-state index in [-0.39, 0.29) is 23.6 Å². The van der Waals surface area contributed by atoms with E-state index >= 15 is 0 Å². The average molecular weight is 451 g/mol. The van der Waals surface area contributed by atoms with Crippen LogP contribution in [0.3, 0.4) is 0 Å². The van der Waals surface area contributed by atoms with Gasteiger partial charge >= 0.3 is 0 Å². The van der Waals surface area contributed by atoms with Crippen LogP contribution in [0.25, 0.3) is 0 Å². The smallest absolute Gasteiger partial charge is 0.219 e. The van der Waals surface area contributed by atoms with E-state index in [1.54, 1.807) is 26.2 Å². The van der Waals surface area contributed by atoms with Crippen molar-refractivity contribution >= 4 is 5.91 Å². The SMILES string of the molecule is COc1ccc([C@@H]2CN(Cc3ccc(C)o3)C[C@@H]2CN(Cc2ccc(F)cc2)C(C)=O)cc1. The summed E-state index contributed by atoms with van der Waals surface area (Å²) in [7, 11) is 1.67. The van der Waals surface area contributed by atoms with E-state index in [1.807, 2.05) is 36.1 Å². The molecule has 0 unspecified atom stereocenters. The molecule has 1 amide bonds. The van der Waals surface area contributed by atoms with Crippen molar-refractivity contribution in [2.45, 2.75) is 32.9 Å². The Morgan fingerprint density at radius 1 is 1.09 bits per heavy atom. The number of hydrogen-bond donors (Lipinski definition) is 0. The third-order valence-corrected chi connectivity index (χ3v) is 6.42. The van der Waals surface area contributed by atoms with Gasteiger partial charge in [-0.25, -0.2) is 4.39 Å². The molecule has 4 rings (SSSR count). The van der Waals surface area contributed by atoms with Gasteiger partial charge < -0.3 is 14.1 Å². The molecular formula is C27H31FN2O3. The minimum Gasteiger partial charge on any atom is -0.497 e. The van der Waals surface area contributed by atoms with Gasteiger partial charge in [0, 0.05) is 39.0 Å². The van der Waals surface area contributed by atoms with Crippen molar-refractivity contribution < 1.29 is 18.3 Å². The van der Waals surface area contributed by atoms with Crippen LogP contribution in [0.5, 0.6) is 5.75 Å². The first kappa shape index (κ1) is 23.1. The summed E-state index contributed by atoms with van der Waals surface area (Å²) in [5.74, 6) is 2.99. The van der Waals surface area contributed by atoms with Crippen LogP contribution in [0.15, 0.2) is 65.1 Å². The summed E-state index contributed by atoms with van der Waals surface area (Å²) in [6.45, 7) is 7.16. The molecular weight excluding hydrogens is 419 g/mol. The second-order valence-electron chi connectivity index (χ2n) is 8.87. The number of benzene rings is 2. The largest absolute Gasteiger partial charge is 0.497 e. The Labute approximate surface area is 194 Å². The number of ether oxygens (including phenoxy) is 1. The second kappa shape index (κ2) is 10.2. The molecule has 6 heteroatoms. The van der Waals surface area contributed by atoms with Crippen molar-refractivity contribution in [1.82, 2.24) is 9.80 Å². The third-order valence-electron chi connectivity index (χ3n) is 6.42. The normalized spacial score (nSPS) is 18.4. The first-order valence-corrected chi connectivity index (χ1v) is 11.3. The number of methoxy groups -OCH3 is 1. The average Bonchev–Trinajstić information content (AvgIpc) is 3.40. The Hall–Kier alpha value is -3.12. The molecule has 0 bridgehead atoms. The maximum absolute atomic E-state index is 13.3. The van der Waals surface area contributed by atoms with Crippen LogP contribution in [0.2, 0.25) is 0 Å². The molecule has 1 aliphatic heterocycles. The Bertz CT molecular complexity index is 1060. The monoisotopic (exact) mass is 450 g/mol. The number of aryl methyl sites for hydroxylation is 1. The van der Waals surface area contributed by atoms with E-state index in [4.69, 9.17) is 9.15 Å². The summed E-state index contributed by atoms with van der Waals surface area (Å²) in [6, 6.07) is 18.6. The van der Waals surface area contributed by atoms with Crippen molar-refractivity contribution in [3.8, 4) is 5.75 Å². The van der Waals surface area contributed by atoms with Gasteiger partial charge in [0.25, 0.3) is 0 Å². The molecule has 1 aliphatic rings. The highest BCUT2D eigenvalue weighted by Crippen LogP contribution is 2.35. The molecule has 2 heterocycles. The summed E-state index contributed by atoms with van der Waals surface area (Å²) in [5, 5.41) is 0. The van der Waals surface area contributed by atoms with Crippen LogP contribution in [-0.2, 0) is 17.9 Å². The lowest BCUT2D eigenvalue weighted by Crippen LogP contribution is -2.35. The van der Waals surface area contributed by atoms with Gasteiger partial charge in [-0.2, -0.15) is 0 Å². The molecule has 3 aromatic rings. The molecule has 1 aromatic heterocycles. The topological polar surface area (TPSA) is 45.9 Å². The van der Waals surface area contributed by atoms with Crippen LogP contribution in [0.1, 0.15) is 35.5 Å². The molecule has 174 valence electrons. The highest BCUT2D eigenvalue weighted by molar-refractivity contribution is 5.73. The highest BCUT2D eigenvalue weighted by Gasteiger charge is 2.35. The molecule has 0 radical (unpaired) electrons. The fourth-order valence-corrected chi connectivity index (χ4v) is 4.69. The summed E-state index contributed by atoms with van der Waals surface area (Å²) in [4.78, 5) is 16.8. The zero-order chi connectivity index (χ0) is 23.4. The number of amides is 1. The Morgan fingerprint density at radius 2 is 1.82 bits per heavy atom. The summed E-state index contributed by atoms with van der Waals surface area (Å²) < 4.78 is 24.5. The molecule has 0 saturated carbocycles. The first-order chi connectivity index (χ1) is 15.9.